The highest BCUT2D eigenvalue weighted by molar-refractivity contribution is 8.76. The van der Waals surface area contributed by atoms with Gasteiger partial charge >= 0.3 is 0 Å². The molecule has 77 heavy (non-hydrogen) atoms. The maximum Gasteiger partial charge on any atom is 0.247 e. The van der Waals surface area contributed by atoms with E-state index in [1.54, 1.807) is 62.4 Å². The van der Waals surface area contributed by atoms with E-state index >= 15 is 4.79 Å². The first-order chi connectivity index (χ1) is 36.3. The van der Waals surface area contributed by atoms with E-state index < -0.39 is 132 Å². The van der Waals surface area contributed by atoms with E-state index in [0.29, 0.717) is 29.9 Å². The van der Waals surface area contributed by atoms with Gasteiger partial charge < -0.3 is 64.1 Å². The Bertz CT molecular complexity index is 2480. The number of nitrogens with two attached hydrogens (primary N) is 3. The zero-order chi connectivity index (χ0) is 57.1. The van der Waals surface area contributed by atoms with Crippen molar-refractivity contribution < 1.29 is 57.5 Å². The van der Waals surface area contributed by atoms with Crippen LogP contribution in [-0.4, -0.2) is 136 Å². The molecule has 2 aliphatic rings. The standard InChI is InChI=1S/C52H75N11O12S2/c1-8-29(5)43-49(72)57-34(18-19-40(53)64)44(67)58-37(25-41(54)65)45(68)60-38(27-77-76-21-20-42(66)56-36(46(69)61-43)23-30-14-16-33(17-15-30)75-9-2)50(73)63-26-32-13-11-10-12-31(32)24-39(63)48(71)59-35(22-28(3)4)47(70)62-52(6,7)51(55)74/h10-17,28-29,34-39,43H,8-9,18-27H2,1-7H3,(H2,53,64)(H2,54,65)(H2,55,74)(H,56,66)(H,57,72)(H,58,67)(H,59,71)(H,60,68)(H,61,69)(H,62,70)/t29-,34-,35-,36+,37-,38-,39+,43-/m0/s1. The van der Waals surface area contributed by atoms with Gasteiger partial charge in [-0.15, -0.1) is 0 Å². The van der Waals surface area contributed by atoms with E-state index in [1.165, 1.54) is 18.7 Å². The number of fused-ring (bicyclic) bond motifs is 1. The molecule has 1 fully saturated rings. The van der Waals surface area contributed by atoms with Crippen LogP contribution in [0.25, 0.3) is 0 Å². The second kappa shape index (κ2) is 29.6. The predicted molar refractivity (Wildman–Crippen MR) is 289 cm³/mol. The largest absolute Gasteiger partial charge is 0.494 e. The molecule has 2 heterocycles. The summed E-state index contributed by atoms with van der Waals surface area (Å²) in [7, 11) is 2.26. The van der Waals surface area contributed by atoms with Crippen LogP contribution in [0.15, 0.2) is 48.5 Å². The van der Waals surface area contributed by atoms with Crippen molar-refractivity contribution in [1.82, 2.24) is 42.1 Å². The molecule has 8 atom stereocenters. The van der Waals surface area contributed by atoms with Crippen molar-refractivity contribution in [2.45, 2.75) is 154 Å². The molecule has 0 spiro atoms. The number of carbonyl (C=O) groups is 11. The van der Waals surface area contributed by atoms with E-state index in [4.69, 9.17) is 21.9 Å². The molecule has 11 amide bonds. The molecular weight excluding hydrogens is 1030 g/mol. The van der Waals surface area contributed by atoms with Crippen molar-refractivity contribution in [1.29, 1.82) is 0 Å². The molecule has 2 aromatic rings. The molecule has 0 aromatic heterocycles. The third-order valence-electron chi connectivity index (χ3n) is 13.0. The van der Waals surface area contributed by atoms with Crippen molar-refractivity contribution in [2.75, 3.05) is 18.1 Å². The lowest BCUT2D eigenvalue weighted by Gasteiger charge is -2.39. The van der Waals surface area contributed by atoms with Crippen LogP contribution in [0.1, 0.15) is 104 Å². The van der Waals surface area contributed by atoms with Crippen LogP contribution >= 0.6 is 21.6 Å². The summed E-state index contributed by atoms with van der Waals surface area (Å²) in [5.41, 5.74) is 17.2. The fourth-order valence-electron chi connectivity index (χ4n) is 8.43. The van der Waals surface area contributed by atoms with E-state index in [2.05, 4.69) is 37.2 Å². The van der Waals surface area contributed by atoms with E-state index in [1.807, 2.05) is 20.8 Å². The Morgan fingerprint density at radius 3 is 2.03 bits per heavy atom. The smallest absolute Gasteiger partial charge is 0.247 e. The van der Waals surface area contributed by atoms with Crippen LogP contribution in [0.2, 0.25) is 0 Å². The van der Waals surface area contributed by atoms with Crippen molar-refractivity contribution in [2.24, 2.45) is 29.0 Å². The molecule has 422 valence electrons. The van der Waals surface area contributed by atoms with Crippen LogP contribution < -0.4 is 59.2 Å². The Balaban J connectivity index is 1.76. The molecule has 25 heteroatoms. The maximum atomic E-state index is 15.1. The molecule has 13 N–H and O–H groups in total. The summed E-state index contributed by atoms with van der Waals surface area (Å²) in [6, 6.07) is 4.29. The number of hydrogen-bond acceptors (Lipinski definition) is 14. The van der Waals surface area contributed by atoms with Gasteiger partial charge in [-0.1, -0.05) is 92.1 Å². The van der Waals surface area contributed by atoms with Crippen molar-refractivity contribution in [3.63, 3.8) is 0 Å². The summed E-state index contributed by atoms with van der Waals surface area (Å²) in [5, 5.41) is 18.6. The Morgan fingerprint density at radius 1 is 0.779 bits per heavy atom. The highest BCUT2D eigenvalue weighted by Crippen LogP contribution is 2.28. The van der Waals surface area contributed by atoms with Gasteiger partial charge in [-0.25, -0.2) is 0 Å². The first-order valence-corrected chi connectivity index (χ1v) is 28.2. The highest BCUT2D eigenvalue weighted by Gasteiger charge is 2.42. The zero-order valence-corrected chi connectivity index (χ0v) is 46.3. The summed E-state index contributed by atoms with van der Waals surface area (Å²) in [6.45, 7) is 12.1. The lowest BCUT2D eigenvalue weighted by Crippen LogP contribution is -2.63. The SMILES string of the molecule is CCOc1ccc(C[C@H]2NC(=O)CCSSC[C@@H](C(=O)N3Cc4ccccc4C[C@@H]3C(=O)N[C@@H](CC(C)C)C(=O)NC(C)(C)C(N)=O)NC(=O)[C@H](CC(N)=O)NC(=O)[C@H](CCC(N)=O)NC(=O)[C@H]([C@@H](C)CC)NC2=O)cc1. The first-order valence-electron chi connectivity index (χ1n) is 25.7. The lowest BCUT2D eigenvalue weighted by molar-refractivity contribution is -0.145. The van der Waals surface area contributed by atoms with Gasteiger partial charge in [0.15, 0.2) is 0 Å². The number of benzene rings is 2. The summed E-state index contributed by atoms with van der Waals surface area (Å²) in [5.74, 6) is -9.16. The van der Waals surface area contributed by atoms with Crippen LogP contribution in [-0.2, 0) is 72.1 Å². The summed E-state index contributed by atoms with van der Waals surface area (Å²) < 4.78 is 5.57. The molecule has 2 aromatic carbocycles. The van der Waals surface area contributed by atoms with Crippen LogP contribution in [0.4, 0.5) is 0 Å². The first kappa shape index (κ1) is 62.6. The molecule has 0 unspecified atom stereocenters. The molecule has 4 rings (SSSR count). The van der Waals surface area contributed by atoms with Gasteiger partial charge in [-0.2, -0.15) is 0 Å². The maximum absolute atomic E-state index is 15.1. The number of ether oxygens (including phenoxy) is 1. The van der Waals surface area contributed by atoms with Crippen LogP contribution in [0.5, 0.6) is 5.75 Å². The fourth-order valence-corrected chi connectivity index (χ4v) is 10.6. The topological polar surface area (TPSA) is 363 Å². The summed E-state index contributed by atoms with van der Waals surface area (Å²) in [4.78, 5) is 152. The van der Waals surface area contributed by atoms with Crippen LogP contribution in [0.3, 0.4) is 0 Å². The molecule has 2 aliphatic heterocycles. The number of primary amides is 3. The minimum absolute atomic E-state index is 0.00808. The van der Waals surface area contributed by atoms with Gasteiger partial charge in [0.2, 0.25) is 65.0 Å². The van der Waals surface area contributed by atoms with Gasteiger partial charge in [0.25, 0.3) is 0 Å². The van der Waals surface area contributed by atoms with Gasteiger partial charge in [-0.3, -0.25) is 52.7 Å². The Hall–Kier alpha value is -6.89. The van der Waals surface area contributed by atoms with Gasteiger partial charge in [0.05, 0.1) is 13.0 Å². The molecule has 0 saturated carbocycles. The Labute approximate surface area is 456 Å². The number of hydrogen-bond donors (Lipinski definition) is 10. The molecular formula is C52H75N11O12S2. The molecule has 0 aliphatic carbocycles. The number of nitrogens with one attached hydrogen (secondary N) is 7. The minimum Gasteiger partial charge on any atom is -0.494 e. The Morgan fingerprint density at radius 2 is 1.42 bits per heavy atom. The summed E-state index contributed by atoms with van der Waals surface area (Å²) >= 11 is 0. The van der Waals surface area contributed by atoms with Gasteiger partial charge in [0.1, 0.15) is 53.6 Å². The summed E-state index contributed by atoms with van der Waals surface area (Å²) in [6.07, 6.45) is -1.21. The molecule has 1 saturated heterocycles. The predicted octanol–water partition coefficient (Wildman–Crippen LogP) is -0.112. The monoisotopic (exact) mass is 1110 g/mol. The number of rotatable bonds is 19. The van der Waals surface area contributed by atoms with E-state index in [0.717, 1.165) is 27.2 Å². The number of amides is 11. The van der Waals surface area contributed by atoms with E-state index in [-0.39, 0.29) is 56.1 Å². The lowest BCUT2D eigenvalue weighted by atomic mass is 9.92. The van der Waals surface area contributed by atoms with Crippen LogP contribution in [0, 0.1) is 11.8 Å². The van der Waals surface area contributed by atoms with Gasteiger partial charge in [-0.05, 0) is 74.3 Å². The second-order valence-electron chi connectivity index (χ2n) is 20.1. The zero-order valence-electron chi connectivity index (χ0n) is 44.7. The highest BCUT2D eigenvalue weighted by atomic mass is 33.1. The molecule has 0 bridgehead atoms. The van der Waals surface area contributed by atoms with Crippen molar-refractivity contribution in [3.8, 4) is 5.75 Å². The average Bonchev–Trinajstić information content (AvgIpc) is 3.36. The average molecular weight is 1110 g/mol. The van der Waals surface area contributed by atoms with E-state index in [9.17, 15) is 47.9 Å². The fraction of sp³-hybridized carbons (Fsp3) is 0.558. The third-order valence-corrected chi connectivity index (χ3v) is 15.5. The number of nitrogens with zero attached hydrogens (tertiary/aromatic N) is 1. The third kappa shape index (κ3) is 19.3. The van der Waals surface area contributed by atoms with Gasteiger partial charge in [0, 0.05) is 43.7 Å². The minimum atomic E-state index is -1.76. The number of carbonyl (C=O) groups excluding carboxylic acids is 11. The van der Waals surface area contributed by atoms with Crippen molar-refractivity contribution >= 4 is 86.6 Å². The Kier molecular flexibility index (Phi) is 24.1. The normalized spacial score (nSPS) is 22.0. The van der Waals surface area contributed by atoms with Crippen molar-refractivity contribution in [3.05, 3.63) is 65.2 Å². The second-order valence-corrected chi connectivity index (χ2v) is 22.7. The molecule has 23 nitrogen and oxygen atoms in total. The molecule has 0 radical (unpaired) electrons. The quantitative estimate of drug-likeness (QED) is 0.0821.